The topological polar surface area (TPSA) is 54.0 Å². The van der Waals surface area contributed by atoms with Gasteiger partial charge < -0.3 is 10.6 Å². The molecule has 2 atom stereocenters. The van der Waals surface area contributed by atoms with Crippen LogP contribution in [0.4, 0.5) is 5.69 Å². The molecule has 0 spiro atoms. The second-order valence-electron chi connectivity index (χ2n) is 5.99. The summed E-state index contributed by atoms with van der Waals surface area (Å²) in [5.41, 5.74) is 1.66. The van der Waals surface area contributed by atoms with Crippen LogP contribution in [-0.2, 0) is 4.79 Å². The quantitative estimate of drug-likeness (QED) is 0.833. The molecule has 3 heterocycles. The Morgan fingerprint density at radius 1 is 1.40 bits per heavy atom. The van der Waals surface area contributed by atoms with Crippen molar-refractivity contribution in [3.63, 3.8) is 0 Å². The maximum Gasteiger partial charge on any atom is 0.224 e. The van der Waals surface area contributed by atoms with Crippen molar-refractivity contribution in [3.8, 4) is 0 Å². The summed E-state index contributed by atoms with van der Waals surface area (Å²) in [5, 5.41) is 6.60. The van der Waals surface area contributed by atoms with Gasteiger partial charge in [-0.15, -0.1) is 0 Å². The van der Waals surface area contributed by atoms with Gasteiger partial charge in [0.25, 0.3) is 0 Å². The Morgan fingerprint density at radius 2 is 2.10 bits per heavy atom. The summed E-state index contributed by atoms with van der Waals surface area (Å²) in [6.07, 6.45) is 5.46. The summed E-state index contributed by atoms with van der Waals surface area (Å²) in [7, 11) is 0. The number of anilines is 1. The number of hydrogen-bond acceptors (Lipinski definition) is 3. The number of nitrogens with one attached hydrogen (secondary N) is 2. The molecule has 2 fully saturated rings. The number of rotatable bonds is 3. The van der Waals surface area contributed by atoms with E-state index >= 15 is 0 Å². The molecule has 1 amide bonds. The van der Waals surface area contributed by atoms with Crippen LogP contribution in [0.1, 0.15) is 37.8 Å². The number of aromatic nitrogens is 1. The predicted octanol–water partition coefficient (Wildman–Crippen LogP) is 3.01. The molecule has 2 N–H and O–H groups in total. The molecule has 20 heavy (non-hydrogen) atoms. The molecule has 2 unspecified atom stereocenters. The minimum atomic E-state index is 0.114. The molecule has 2 saturated heterocycles. The molecule has 1 aromatic heterocycles. The third-order valence-corrected chi connectivity index (χ3v) is 4.81. The third kappa shape index (κ3) is 3.20. The average molecular weight is 338 g/mol. The zero-order valence-corrected chi connectivity index (χ0v) is 13.2. The molecule has 108 valence electrons. The minimum Gasteiger partial charge on any atom is -0.324 e. The summed E-state index contributed by atoms with van der Waals surface area (Å²) < 4.78 is 0.794. The van der Waals surface area contributed by atoms with Gasteiger partial charge in [0.15, 0.2) is 0 Å². The highest BCUT2D eigenvalue weighted by molar-refractivity contribution is 9.10. The highest BCUT2D eigenvalue weighted by Crippen LogP contribution is 2.32. The minimum absolute atomic E-state index is 0.114. The molecule has 5 heteroatoms. The standard InChI is InChI=1S/C15H20BrN3O/c1-9-13(4-5-14(16)17-9)19-15(20)8-10-6-11-2-3-12(7-10)18-11/h4-5,10-12,18H,2-3,6-8H2,1H3,(H,19,20). The van der Waals surface area contributed by atoms with Crippen LogP contribution >= 0.6 is 15.9 Å². The van der Waals surface area contributed by atoms with E-state index < -0.39 is 0 Å². The van der Waals surface area contributed by atoms with Crippen molar-refractivity contribution in [1.29, 1.82) is 0 Å². The van der Waals surface area contributed by atoms with Crippen molar-refractivity contribution in [3.05, 3.63) is 22.4 Å². The lowest BCUT2D eigenvalue weighted by molar-refractivity contribution is -0.117. The Bertz CT molecular complexity index is 508. The van der Waals surface area contributed by atoms with Gasteiger partial charge in [-0.3, -0.25) is 4.79 Å². The van der Waals surface area contributed by atoms with Crippen LogP contribution in [0.2, 0.25) is 0 Å². The second kappa shape index (κ2) is 5.82. The lowest BCUT2D eigenvalue weighted by Gasteiger charge is -2.28. The van der Waals surface area contributed by atoms with E-state index in [1.165, 1.54) is 12.8 Å². The number of aryl methyl sites for hydroxylation is 1. The summed E-state index contributed by atoms with van der Waals surface area (Å²) >= 11 is 3.33. The normalized spacial score (nSPS) is 28.4. The molecule has 0 saturated carbocycles. The van der Waals surface area contributed by atoms with Crippen LogP contribution in [0.3, 0.4) is 0 Å². The van der Waals surface area contributed by atoms with Crippen LogP contribution in [0.15, 0.2) is 16.7 Å². The highest BCUT2D eigenvalue weighted by Gasteiger charge is 2.34. The Morgan fingerprint density at radius 3 is 2.75 bits per heavy atom. The molecular formula is C15H20BrN3O. The lowest BCUT2D eigenvalue weighted by atomic mass is 9.89. The van der Waals surface area contributed by atoms with Crippen LogP contribution in [0.25, 0.3) is 0 Å². The van der Waals surface area contributed by atoms with E-state index in [4.69, 9.17) is 0 Å². The van der Waals surface area contributed by atoms with Gasteiger partial charge >= 0.3 is 0 Å². The number of halogens is 1. The Hall–Kier alpha value is -0.940. The predicted molar refractivity (Wildman–Crippen MR) is 82.6 cm³/mol. The maximum atomic E-state index is 12.2. The van der Waals surface area contributed by atoms with Crippen LogP contribution in [0.5, 0.6) is 0 Å². The first-order valence-corrected chi connectivity index (χ1v) is 8.08. The molecule has 0 radical (unpaired) electrons. The molecule has 1 aromatic rings. The summed E-state index contributed by atoms with van der Waals surface area (Å²) in [4.78, 5) is 16.5. The fraction of sp³-hybridized carbons (Fsp3) is 0.600. The summed E-state index contributed by atoms with van der Waals surface area (Å²) in [6, 6.07) is 5.04. The Kier molecular flexibility index (Phi) is 4.08. The van der Waals surface area contributed by atoms with Crippen molar-refractivity contribution in [1.82, 2.24) is 10.3 Å². The molecule has 2 bridgehead atoms. The lowest BCUT2D eigenvalue weighted by Crippen LogP contribution is -2.39. The zero-order chi connectivity index (χ0) is 14.1. The second-order valence-corrected chi connectivity index (χ2v) is 6.81. The van der Waals surface area contributed by atoms with E-state index in [0.29, 0.717) is 24.4 Å². The van der Waals surface area contributed by atoms with E-state index in [-0.39, 0.29) is 5.91 Å². The van der Waals surface area contributed by atoms with Gasteiger partial charge in [-0.05, 0) is 66.6 Å². The number of pyridine rings is 1. The van der Waals surface area contributed by atoms with E-state index in [9.17, 15) is 4.79 Å². The van der Waals surface area contributed by atoms with Gasteiger partial charge in [-0.25, -0.2) is 4.98 Å². The zero-order valence-electron chi connectivity index (χ0n) is 11.7. The molecule has 0 aliphatic carbocycles. The van der Waals surface area contributed by atoms with Crippen LogP contribution < -0.4 is 10.6 Å². The molecular weight excluding hydrogens is 318 g/mol. The van der Waals surface area contributed by atoms with E-state index in [1.54, 1.807) is 0 Å². The molecule has 2 aliphatic rings. The molecule has 3 rings (SSSR count). The van der Waals surface area contributed by atoms with Crippen LogP contribution in [-0.4, -0.2) is 23.0 Å². The first-order chi connectivity index (χ1) is 9.60. The SMILES string of the molecule is Cc1nc(Br)ccc1NC(=O)CC1CC2CCC(C1)N2. The molecule has 2 aliphatic heterocycles. The first-order valence-electron chi connectivity index (χ1n) is 7.29. The fourth-order valence-electron chi connectivity index (χ4n) is 3.47. The number of carbonyl (C=O) groups excluding carboxylic acids is 1. The largest absolute Gasteiger partial charge is 0.324 e. The highest BCUT2D eigenvalue weighted by atomic mass is 79.9. The van der Waals surface area contributed by atoms with E-state index in [2.05, 4.69) is 31.5 Å². The van der Waals surface area contributed by atoms with Gasteiger partial charge in [0.2, 0.25) is 5.91 Å². The summed E-state index contributed by atoms with van der Waals surface area (Å²) in [6.45, 7) is 1.91. The van der Waals surface area contributed by atoms with E-state index in [1.807, 2.05) is 19.1 Å². The van der Waals surface area contributed by atoms with Crippen molar-refractivity contribution in [2.45, 2.75) is 51.1 Å². The smallest absolute Gasteiger partial charge is 0.224 e. The van der Waals surface area contributed by atoms with Gasteiger partial charge in [0.05, 0.1) is 11.4 Å². The fourth-order valence-corrected chi connectivity index (χ4v) is 3.87. The number of piperidine rings is 1. The van der Waals surface area contributed by atoms with E-state index in [0.717, 1.165) is 28.8 Å². The third-order valence-electron chi connectivity index (χ3n) is 4.37. The van der Waals surface area contributed by atoms with Crippen molar-refractivity contribution in [2.24, 2.45) is 5.92 Å². The molecule has 0 aromatic carbocycles. The van der Waals surface area contributed by atoms with Crippen LogP contribution in [0, 0.1) is 12.8 Å². The van der Waals surface area contributed by atoms with Crippen molar-refractivity contribution in [2.75, 3.05) is 5.32 Å². The number of nitrogens with zero attached hydrogens (tertiary/aromatic N) is 1. The van der Waals surface area contributed by atoms with Gasteiger partial charge in [0.1, 0.15) is 4.60 Å². The maximum absolute atomic E-state index is 12.2. The number of fused-ring (bicyclic) bond motifs is 2. The van der Waals surface area contributed by atoms with Crippen molar-refractivity contribution >= 4 is 27.5 Å². The molecule has 4 nitrogen and oxygen atoms in total. The number of carbonyl (C=O) groups is 1. The average Bonchev–Trinajstić information content (AvgIpc) is 2.72. The van der Waals surface area contributed by atoms with Gasteiger partial charge in [-0.1, -0.05) is 0 Å². The first kappa shape index (κ1) is 14.0. The van der Waals surface area contributed by atoms with Gasteiger partial charge in [-0.2, -0.15) is 0 Å². The Balaban J connectivity index is 1.57. The van der Waals surface area contributed by atoms with Crippen molar-refractivity contribution < 1.29 is 4.79 Å². The Labute approximate surface area is 127 Å². The van der Waals surface area contributed by atoms with Gasteiger partial charge in [0, 0.05) is 18.5 Å². The number of hydrogen-bond donors (Lipinski definition) is 2. The number of amides is 1. The summed E-state index contributed by atoms with van der Waals surface area (Å²) in [5.74, 6) is 0.640. The monoisotopic (exact) mass is 337 g/mol.